The molecule has 4 rings (SSSR count). The second kappa shape index (κ2) is 10.4. The smallest absolute Gasteiger partial charge is 0.134 e. The van der Waals surface area contributed by atoms with Crippen LogP contribution < -0.4 is 14.8 Å². The van der Waals surface area contributed by atoms with E-state index in [9.17, 15) is 0 Å². The molecule has 0 spiro atoms. The molecule has 31 heavy (non-hydrogen) atoms. The Morgan fingerprint density at radius 3 is 2.23 bits per heavy atom. The van der Waals surface area contributed by atoms with Crippen molar-refractivity contribution in [2.75, 3.05) is 5.32 Å². The van der Waals surface area contributed by atoms with Gasteiger partial charge in [0.25, 0.3) is 0 Å². The van der Waals surface area contributed by atoms with Crippen LogP contribution in [0.4, 0.5) is 5.69 Å². The van der Waals surface area contributed by atoms with Crippen LogP contribution in [0.15, 0.2) is 102 Å². The fourth-order valence-corrected chi connectivity index (χ4v) is 3.74. The van der Waals surface area contributed by atoms with Crippen molar-refractivity contribution in [3.63, 3.8) is 0 Å². The molecular formula is C26H21BrClNO2. The zero-order valence-corrected chi connectivity index (χ0v) is 19.1. The van der Waals surface area contributed by atoms with Gasteiger partial charge >= 0.3 is 0 Å². The van der Waals surface area contributed by atoms with Crippen molar-refractivity contribution in [1.29, 1.82) is 0 Å². The average molecular weight is 495 g/mol. The molecule has 0 aromatic heterocycles. The number of anilines is 1. The lowest BCUT2D eigenvalue weighted by Crippen LogP contribution is -2.01. The molecule has 0 unspecified atom stereocenters. The predicted octanol–water partition coefficient (Wildman–Crippen LogP) is 8.09. The van der Waals surface area contributed by atoms with Crippen molar-refractivity contribution >= 4 is 33.2 Å². The molecule has 156 valence electrons. The Morgan fingerprint density at radius 1 is 0.774 bits per heavy atom. The standard InChI is InChI=1S/C26H21BrClNO2/c27-24-16-19(10-15-26(24)30-18-20-6-4-5-9-25(20)28)17-29-21-11-13-23(14-12-21)31-22-7-2-1-3-8-22/h1-16,29H,17-18H2. The summed E-state index contributed by atoms with van der Waals surface area (Å²) in [5, 5.41) is 4.14. The molecule has 0 fully saturated rings. The van der Waals surface area contributed by atoms with Crippen molar-refractivity contribution < 1.29 is 9.47 Å². The van der Waals surface area contributed by atoms with Crippen LogP contribution in [0, 0.1) is 0 Å². The van der Waals surface area contributed by atoms with E-state index in [-0.39, 0.29) is 0 Å². The molecule has 0 atom stereocenters. The fourth-order valence-electron chi connectivity index (χ4n) is 3.01. The first kappa shape index (κ1) is 21.3. The number of benzene rings is 4. The summed E-state index contributed by atoms with van der Waals surface area (Å²) in [7, 11) is 0. The van der Waals surface area contributed by atoms with E-state index in [2.05, 4.69) is 27.3 Å². The molecule has 4 aromatic rings. The molecule has 0 saturated carbocycles. The molecular weight excluding hydrogens is 474 g/mol. The van der Waals surface area contributed by atoms with Crippen molar-refractivity contribution in [2.24, 2.45) is 0 Å². The Balaban J connectivity index is 1.31. The van der Waals surface area contributed by atoms with Gasteiger partial charge in [-0.15, -0.1) is 0 Å². The summed E-state index contributed by atoms with van der Waals surface area (Å²) < 4.78 is 12.7. The highest BCUT2D eigenvalue weighted by Gasteiger charge is 2.06. The lowest BCUT2D eigenvalue weighted by atomic mass is 10.2. The average Bonchev–Trinajstić information content (AvgIpc) is 2.80. The van der Waals surface area contributed by atoms with Crippen molar-refractivity contribution in [3.05, 3.63) is 118 Å². The highest BCUT2D eigenvalue weighted by atomic mass is 79.9. The van der Waals surface area contributed by atoms with Gasteiger partial charge in [-0.05, 0) is 76.1 Å². The number of ether oxygens (including phenoxy) is 2. The molecule has 4 aromatic carbocycles. The van der Waals surface area contributed by atoms with Gasteiger partial charge in [0, 0.05) is 22.8 Å². The molecule has 0 heterocycles. The lowest BCUT2D eigenvalue weighted by Gasteiger charge is -2.12. The molecule has 0 saturated heterocycles. The van der Waals surface area contributed by atoms with E-state index in [0.29, 0.717) is 18.2 Å². The molecule has 1 N–H and O–H groups in total. The van der Waals surface area contributed by atoms with E-state index in [4.69, 9.17) is 21.1 Å². The lowest BCUT2D eigenvalue weighted by molar-refractivity contribution is 0.304. The molecule has 0 bridgehead atoms. The third kappa shape index (κ3) is 6.03. The Kier molecular flexibility index (Phi) is 7.13. The monoisotopic (exact) mass is 493 g/mol. The minimum atomic E-state index is 0.424. The first-order valence-corrected chi connectivity index (χ1v) is 11.1. The number of para-hydroxylation sites is 1. The second-order valence-electron chi connectivity index (χ2n) is 6.94. The molecule has 0 aliphatic rings. The van der Waals surface area contributed by atoms with Gasteiger partial charge in [0.05, 0.1) is 4.47 Å². The number of rotatable bonds is 8. The Hall–Kier alpha value is -2.95. The second-order valence-corrected chi connectivity index (χ2v) is 8.20. The van der Waals surface area contributed by atoms with Crippen LogP contribution in [0.25, 0.3) is 0 Å². The maximum Gasteiger partial charge on any atom is 0.134 e. The first-order valence-electron chi connectivity index (χ1n) is 9.89. The summed E-state index contributed by atoms with van der Waals surface area (Å²) in [6.07, 6.45) is 0. The third-order valence-corrected chi connectivity index (χ3v) is 5.66. The quantitative estimate of drug-likeness (QED) is 0.268. The summed E-state index contributed by atoms with van der Waals surface area (Å²) in [5.41, 5.74) is 3.12. The molecule has 0 radical (unpaired) electrons. The first-order chi connectivity index (χ1) is 15.2. The van der Waals surface area contributed by atoms with E-state index in [1.165, 1.54) is 0 Å². The highest BCUT2D eigenvalue weighted by molar-refractivity contribution is 9.10. The van der Waals surface area contributed by atoms with E-state index in [0.717, 1.165) is 38.5 Å². The van der Waals surface area contributed by atoms with E-state index in [1.807, 2.05) is 91.0 Å². The maximum atomic E-state index is 6.20. The molecule has 0 amide bonds. The molecule has 3 nitrogen and oxygen atoms in total. The van der Waals surface area contributed by atoms with Crippen molar-refractivity contribution in [1.82, 2.24) is 0 Å². The zero-order valence-electron chi connectivity index (χ0n) is 16.7. The van der Waals surface area contributed by atoms with Crippen LogP contribution in [-0.2, 0) is 13.2 Å². The van der Waals surface area contributed by atoms with E-state index in [1.54, 1.807) is 0 Å². The van der Waals surface area contributed by atoms with Gasteiger partial charge in [-0.1, -0.05) is 54.1 Å². The van der Waals surface area contributed by atoms with Crippen LogP contribution >= 0.6 is 27.5 Å². The van der Waals surface area contributed by atoms with Gasteiger partial charge in [0.15, 0.2) is 0 Å². The van der Waals surface area contributed by atoms with Gasteiger partial charge in [0.1, 0.15) is 23.9 Å². The van der Waals surface area contributed by atoms with Gasteiger partial charge in [-0.2, -0.15) is 0 Å². The van der Waals surface area contributed by atoms with Crippen LogP contribution in [0.1, 0.15) is 11.1 Å². The van der Waals surface area contributed by atoms with Gasteiger partial charge in [-0.25, -0.2) is 0 Å². The van der Waals surface area contributed by atoms with Crippen LogP contribution in [0.3, 0.4) is 0 Å². The zero-order chi connectivity index (χ0) is 21.5. The van der Waals surface area contributed by atoms with Crippen molar-refractivity contribution in [2.45, 2.75) is 13.2 Å². The number of hydrogen-bond acceptors (Lipinski definition) is 3. The molecule has 0 aliphatic carbocycles. The maximum absolute atomic E-state index is 6.20. The van der Waals surface area contributed by atoms with E-state index >= 15 is 0 Å². The van der Waals surface area contributed by atoms with Crippen LogP contribution in [-0.4, -0.2) is 0 Å². The third-order valence-electron chi connectivity index (χ3n) is 4.67. The SMILES string of the molecule is Clc1ccccc1COc1ccc(CNc2ccc(Oc3ccccc3)cc2)cc1Br. The Labute approximate surface area is 195 Å². The summed E-state index contributed by atoms with van der Waals surface area (Å²) >= 11 is 9.80. The largest absolute Gasteiger partial charge is 0.488 e. The summed E-state index contributed by atoms with van der Waals surface area (Å²) in [4.78, 5) is 0. The fraction of sp³-hybridized carbons (Fsp3) is 0.0769. The Morgan fingerprint density at radius 2 is 1.48 bits per heavy atom. The van der Waals surface area contributed by atoms with Gasteiger partial charge in [-0.3, -0.25) is 0 Å². The van der Waals surface area contributed by atoms with E-state index < -0.39 is 0 Å². The number of nitrogens with one attached hydrogen (secondary N) is 1. The minimum absolute atomic E-state index is 0.424. The van der Waals surface area contributed by atoms with Crippen LogP contribution in [0.2, 0.25) is 5.02 Å². The van der Waals surface area contributed by atoms with Crippen molar-refractivity contribution in [3.8, 4) is 17.2 Å². The molecule has 0 aliphatic heterocycles. The number of halogens is 2. The van der Waals surface area contributed by atoms with Gasteiger partial charge in [0.2, 0.25) is 0 Å². The minimum Gasteiger partial charge on any atom is -0.488 e. The predicted molar refractivity (Wildman–Crippen MR) is 130 cm³/mol. The Bertz CT molecular complexity index is 1130. The normalized spacial score (nSPS) is 10.5. The summed E-state index contributed by atoms with van der Waals surface area (Å²) in [6.45, 7) is 1.12. The highest BCUT2D eigenvalue weighted by Crippen LogP contribution is 2.28. The summed E-state index contributed by atoms with van der Waals surface area (Å²) in [6, 6.07) is 31.4. The number of hydrogen-bond donors (Lipinski definition) is 1. The summed E-state index contributed by atoms with van der Waals surface area (Å²) in [5.74, 6) is 2.41. The topological polar surface area (TPSA) is 30.5 Å². The van der Waals surface area contributed by atoms with Crippen LogP contribution in [0.5, 0.6) is 17.2 Å². The van der Waals surface area contributed by atoms with Gasteiger partial charge < -0.3 is 14.8 Å². The molecule has 5 heteroatoms.